The average molecular weight is 429 g/mol. The Balaban J connectivity index is 1.57. The van der Waals surface area contributed by atoms with Crippen LogP contribution in [0.5, 0.6) is 0 Å². The van der Waals surface area contributed by atoms with E-state index in [0.717, 1.165) is 17.4 Å². The molecule has 4 rings (SSSR count). The Kier molecular flexibility index (Phi) is 5.68. The van der Waals surface area contributed by atoms with Gasteiger partial charge in [0.1, 0.15) is 18.2 Å². The summed E-state index contributed by atoms with van der Waals surface area (Å²) < 4.78 is 2.08. The van der Waals surface area contributed by atoms with E-state index in [1.807, 2.05) is 6.07 Å². The first-order valence-corrected chi connectivity index (χ1v) is 9.99. The molecule has 1 aliphatic carbocycles. The molecule has 0 atom stereocenters. The van der Waals surface area contributed by atoms with Gasteiger partial charge < -0.3 is 10.6 Å². The number of carbonyl (C=O) groups is 2. The molecule has 3 aromatic rings. The number of aromatic nitrogens is 2. The molecule has 9 nitrogen and oxygen atoms in total. The monoisotopic (exact) mass is 429 g/mol. The lowest BCUT2D eigenvalue weighted by Crippen LogP contribution is -2.43. The Labute approximate surface area is 182 Å². The first-order chi connectivity index (χ1) is 15.5. The van der Waals surface area contributed by atoms with Gasteiger partial charge in [-0.2, -0.15) is 5.26 Å². The molecule has 0 saturated heterocycles. The highest BCUT2D eigenvalue weighted by Crippen LogP contribution is 2.33. The number of nitriles is 1. The fourth-order valence-electron chi connectivity index (χ4n) is 3.29. The molecular weight excluding hydrogens is 410 g/mol. The number of para-hydroxylation sites is 2. The minimum atomic E-state index is -0.820. The van der Waals surface area contributed by atoms with Gasteiger partial charge in [-0.05, 0) is 37.1 Å². The molecule has 0 bridgehead atoms. The SMILES string of the molecule is N#Cc1cn(C2CC2)c(=O)n(CC(=O)Nc2ccccc2C(=O)Nc2ccccc2)c1=O. The van der Waals surface area contributed by atoms with Gasteiger partial charge in [0.25, 0.3) is 11.5 Å². The number of benzene rings is 2. The third-order valence-electron chi connectivity index (χ3n) is 5.04. The summed E-state index contributed by atoms with van der Waals surface area (Å²) in [5.41, 5.74) is -0.608. The first kappa shape index (κ1) is 20.8. The lowest BCUT2D eigenvalue weighted by molar-refractivity contribution is -0.116. The van der Waals surface area contributed by atoms with E-state index in [2.05, 4.69) is 10.6 Å². The van der Waals surface area contributed by atoms with E-state index in [0.29, 0.717) is 5.69 Å². The molecule has 1 heterocycles. The zero-order valence-corrected chi connectivity index (χ0v) is 16.9. The van der Waals surface area contributed by atoms with Crippen molar-refractivity contribution in [3.05, 3.63) is 92.8 Å². The standard InChI is InChI=1S/C23H19N5O4/c24-12-15-13-27(17-10-11-17)23(32)28(22(15)31)14-20(29)26-19-9-5-4-8-18(19)21(30)25-16-6-2-1-3-7-16/h1-9,13,17H,10-11,14H2,(H,25,30)(H,26,29). The van der Waals surface area contributed by atoms with Gasteiger partial charge in [-0.25, -0.2) is 9.36 Å². The minimum absolute atomic E-state index is 0.0630. The molecule has 1 aliphatic rings. The van der Waals surface area contributed by atoms with E-state index in [9.17, 15) is 24.4 Å². The van der Waals surface area contributed by atoms with Crippen molar-refractivity contribution in [1.82, 2.24) is 9.13 Å². The molecule has 0 aliphatic heterocycles. The molecule has 32 heavy (non-hydrogen) atoms. The van der Waals surface area contributed by atoms with Crippen molar-refractivity contribution < 1.29 is 9.59 Å². The van der Waals surface area contributed by atoms with E-state index in [4.69, 9.17) is 0 Å². The van der Waals surface area contributed by atoms with Crippen molar-refractivity contribution in [2.24, 2.45) is 0 Å². The second-order valence-electron chi connectivity index (χ2n) is 7.38. The summed E-state index contributed by atoms with van der Waals surface area (Å²) in [5.74, 6) is -1.09. The Morgan fingerprint density at radius 3 is 2.38 bits per heavy atom. The molecule has 0 unspecified atom stereocenters. The van der Waals surface area contributed by atoms with Crippen molar-refractivity contribution >= 4 is 23.2 Å². The van der Waals surface area contributed by atoms with Gasteiger partial charge in [-0.15, -0.1) is 0 Å². The number of rotatable bonds is 6. The topological polar surface area (TPSA) is 126 Å². The average Bonchev–Trinajstić information content (AvgIpc) is 3.63. The highest BCUT2D eigenvalue weighted by atomic mass is 16.2. The summed E-state index contributed by atoms with van der Waals surface area (Å²) in [4.78, 5) is 50.5. The predicted octanol–water partition coefficient (Wildman–Crippen LogP) is 2.11. The van der Waals surface area contributed by atoms with Crippen molar-refractivity contribution in [3.8, 4) is 6.07 Å². The third-order valence-corrected chi connectivity index (χ3v) is 5.04. The molecule has 9 heteroatoms. The number of nitrogens with one attached hydrogen (secondary N) is 2. The summed E-state index contributed by atoms with van der Waals surface area (Å²) in [5, 5.41) is 14.6. The van der Waals surface area contributed by atoms with Gasteiger partial charge >= 0.3 is 5.69 Å². The molecule has 2 N–H and O–H groups in total. The number of anilines is 2. The van der Waals surface area contributed by atoms with Gasteiger partial charge in [0.15, 0.2) is 0 Å². The van der Waals surface area contributed by atoms with Crippen molar-refractivity contribution in [2.75, 3.05) is 10.6 Å². The molecule has 1 saturated carbocycles. The van der Waals surface area contributed by atoms with Crippen molar-refractivity contribution in [2.45, 2.75) is 25.4 Å². The van der Waals surface area contributed by atoms with Gasteiger partial charge in [-0.1, -0.05) is 30.3 Å². The van der Waals surface area contributed by atoms with Gasteiger partial charge in [0, 0.05) is 17.9 Å². The van der Waals surface area contributed by atoms with E-state index in [1.54, 1.807) is 54.6 Å². The molecule has 0 spiro atoms. The van der Waals surface area contributed by atoms with Gasteiger partial charge in [0.05, 0.1) is 11.3 Å². The van der Waals surface area contributed by atoms with E-state index in [-0.39, 0.29) is 22.9 Å². The second-order valence-corrected chi connectivity index (χ2v) is 7.38. The summed E-state index contributed by atoms with van der Waals surface area (Å²) in [6.45, 7) is -0.575. The third kappa shape index (κ3) is 4.34. The molecular formula is C23H19N5O4. The highest BCUT2D eigenvalue weighted by molar-refractivity contribution is 6.10. The number of amides is 2. The molecule has 1 fully saturated rings. The predicted molar refractivity (Wildman–Crippen MR) is 117 cm³/mol. The smallest absolute Gasteiger partial charge is 0.324 e. The maximum atomic E-state index is 12.7. The van der Waals surface area contributed by atoms with Crippen LogP contribution < -0.4 is 21.9 Å². The lowest BCUT2D eigenvalue weighted by Gasteiger charge is -2.13. The van der Waals surface area contributed by atoms with Gasteiger partial charge in [-0.3, -0.25) is 19.0 Å². The lowest BCUT2D eigenvalue weighted by atomic mass is 10.1. The quantitative estimate of drug-likeness (QED) is 0.621. The van der Waals surface area contributed by atoms with Crippen LogP contribution in [0.3, 0.4) is 0 Å². The van der Waals surface area contributed by atoms with Crippen molar-refractivity contribution in [1.29, 1.82) is 5.26 Å². The van der Waals surface area contributed by atoms with Crippen LogP contribution in [0.25, 0.3) is 0 Å². The van der Waals surface area contributed by atoms with E-state index < -0.39 is 29.6 Å². The normalized spacial score (nSPS) is 12.6. The molecule has 2 aromatic carbocycles. The number of hydrogen-bond acceptors (Lipinski definition) is 5. The molecule has 2 amide bonds. The molecule has 160 valence electrons. The second kappa shape index (κ2) is 8.73. The van der Waals surface area contributed by atoms with Crippen LogP contribution in [0.1, 0.15) is 34.8 Å². The minimum Gasteiger partial charge on any atom is -0.324 e. The summed E-state index contributed by atoms with van der Waals surface area (Å²) >= 11 is 0. The van der Waals surface area contributed by atoms with Crippen LogP contribution in [0.15, 0.2) is 70.4 Å². The Hall–Kier alpha value is -4.45. The summed E-state index contributed by atoms with van der Waals surface area (Å²) in [7, 11) is 0. The Morgan fingerprint density at radius 2 is 1.69 bits per heavy atom. The molecule has 0 radical (unpaired) electrons. The van der Waals surface area contributed by atoms with Crippen LogP contribution in [0.4, 0.5) is 11.4 Å². The zero-order valence-electron chi connectivity index (χ0n) is 16.9. The van der Waals surface area contributed by atoms with Crippen LogP contribution >= 0.6 is 0 Å². The Bertz CT molecular complexity index is 1350. The van der Waals surface area contributed by atoms with E-state index in [1.165, 1.54) is 10.8 Å². The van der Waals surface area contributed by atoms with Crippen molar-refractivity contribution in [3.63, 3.8) is 0 Å². The summed E-state index contributed by atoms with van der Waals surface area (Å²) in [6.07, 6.45) is 2.80. The number of nitrogens with zero attached hydrogens (tertiary/aromatic N) is 3. The molecule has 1 aromatic heterocycles. The van der Waals surface area contributed by atoms with Crippen LogP contribution in [0, 0.1) is 11.3 Å². The fourth-order valence-corrected chi connectivity index (χ4v) is 3.29. The number of hydrogen-bond donors (Lipinski definition) is 2. The summed E-state index contributed by atoms with van der Waals surface area (Å²) in [6, 6.07) is 17.0. The highest BCUT2D eigenvalue weighted by Gasteiger charge is 2.27. The Morgan fingerprint density at radius 1 is 1.00 bits per heavy atom. The first-order valence-electron chi connectivity index (χ1n) is 9.99. The fraction of sp³-hybridized carbons (Fsp3) is 0.174. The maximum absolute atomic E-state index is 12.7. The van der Waals surface area contributed by atoms with E-state index >= 15 is 0 Å². The van der Waals surface area contributed by atoms with Crippen LogP contribution in [0.2, 0.25) is 0 Å². The zero-order chi connectivity index (χ0) is 22.7. The maximum Gasteiger partial charge on any atom is 0.331 e. The number of carbonyl (C=O) groups excluding carboxylic acids is 2. The van der Waals surface area contributed by atoms with Gasteiger partial charge in [0.2, 0.25) is 5.91 Å². The van der Waals surface area contributed by atoms with Crippen LogP contribution in [-0.2, 0) is 11.3 Å². The van der Waals surface area contributed by atoms with Crippen LogP contribution in [-0.4, -0.2) is 20.9 Å². The largest absolute Gasteiger partial charge is 0.331 e.